The van der Waals surface area contributed by atoms with Crippen LogP contribution in [0.5, 0.6) is 0 Å². The van der Waals surface area contributed by atoms with Crippen molar-refractivity contribution in [3.63, 3.8) is 0 Å². The Bertz CT molecular complexity index is 203. The molecule has 0 fully saturated rings. The van der Waals surface area contributed by atoms with Gasteiger partial charge in [-0.25, -0.2) is 4.79 Å². The normalized spacial score (nSPS) is 15.1. The molecule has 0 spiro atoms. The quantitative estimate of drug-likeness (QED) is 0.268. The zero-order valence-corrected chi connectivity index (χ0v) is 11.2. The minimum Gasteiger partial charge on any atom is -0.456 e. The topological polar surface area (TPSA) is 44.8 Å². The summed E-state index contributed by atoms with van der Waals surface area (Å²) in [5, 5.41) is -0.644. The summed E-state index contributed by atoms with van der Waals surface area (Å²) in [4.78, 5) is 11.1. The minimum atomic E-state index is -0.644. The molecule has 0 saturated carbocycles. The molecule has 0 aromatic carbocycles. The van der Waals surface area contributed by atoms with Gasteiger partial charge in [0.25, 0.3) is 0 Å². The highest BCUT2D eigenvalue weighted by Gasteiger charge is 2.36. The SMILES string of the molecule is C=CC(=O)OC([SiH3])(CC)C(OC)OC. The maximum Gasteiger partial charge on any atom is 0.330 e. The molecule has 82 valence electrons. The standard InChI is InChI=1S/C9H18O4Si/c1-5-7(10)13-9(14,6-2)8(11-3)12-4/h5,8H,1,6H2,2-4,14H3. The zero-order valence-electron chi connectivity index (χ0n) is 9.20. The fourth-order valence-corrected chi connectivity index (χ4v) is 1.83. The maximum atomic E-state index is 11.1. The molecule has 5 heteroatoms. The molecule has 0 aromatic rings. The third kappa shape index (κ3) is 3.25. The second-order valence-electron chi connectivity index (χ2n) is 3.09. The van der Waals surface area contributed by atoms with E-state index in [1.54, 1.807) is 0 Å². The number of hydrogen-bond donors (Lipinski definition) is 0. The van der Waals surface area contributed by atoms with E-state index in [9.17, 15) is 4.79 Å². The lowest BCUT2D eigenvalue weighted by molar-refractivity contribution is -0.202. The summed E-state index contributed by atoms with van der Waals surface area (Å²) in [7, 11) is 3.69. The molecule has 0 radical (unpaired) electrons. The second kappa shape index (κ2) is 5.95. The molecule has 0 saturated heterocycles. The molecule has 0 aromatic heterocycles. The first-order valence-corrected chi connectivity index (χ1v) is 5.45. The van der Waals surface area contributed by atoms with Gasteiger partial charge < -0.3 is 14.2 Å². The highest BCUT2D eigenvalue weighted by atomic mass is 28.1. The Morgan fingerprint density at radius 2 is 2.07 bits per heavy atom. The number of carbonyl (C=O) groups is 1. The van der Waals surface area contributed by atoms with Crippen LogP contribution in [0.2, 0.25) is 0 Å². The highest BCUT2D eigenvalue weighted by molar-refractivity contribution is 6.15. The first-order chi connectivity index (χ1) is 6.53. The molecule has 14 heavy (non-hydrogen) atoms. The van der Waals surface area contributed by atoms with E-state index < -0.39 is 17.5 Å². The van der Waals surface area contributed by atoms with Gasteiger partial charge in [0.15, 0.2) is 6.29 Å². The van der Waals surface area contributed by atoms with Crippen LogP contribution in [-0.2, 0) is 19.0 Å². The van der Waals surface area contributed by atoms with Crippen LogP contribution in [0.1, 0.15) is 13.3 Å². The molecule has 1 atom stereocenters. The molecule has 0 N–H and O–H groups in total. The van der Waals surface area contributed by atoms with E-state index in [1.165, 1.54) is 14.2 Å². The molecule has 4 nitrogen and oxygen atoms in total. The summed E-state index contributed by atoms with van der Waals surface area (Å²) in [5.74, 6) is -0.444. The van der Waals surface area contributed by atoms with E-state index >= 15 is 0 Å². The third-order valence-corrected chi connectivity index (χ3v) is 3.51. The molecule has 0 heterocycles. The van der Waals surface area contributed by atoms with Crippen molar-refractivity contribution in [1.29, 1.82) is 0 Å². The number of carbonyl (C=O) groups excluding carboxylic acids is 1. The Morgan fingerprint density at radius 3 is 2.36 bits per heavy atom. The average molecular weight is 218 g/mol. The Kier molecular flexibility index (Phi) is 5.67. The van der Waals surface area contributed by atoms with Crippen molar-refractivity contribution in [3.05, 3.63) is 12.7 Å². The van der Waals surface area contributed by atoms with Gasteiger partial charge in [0.2, 0.25) is 0 Å². The van der Waals surface area contributed by atoms with Gasteiger partial charge in [-0.3, -0.25) is 0 Å². The van der Waals surface area contributed by atoms with Gasteiger partial charge in [-0.05, 0) is 6.42 Å². The lowest BCUT2D eigenvalue weighted by Crippen LogP contribution is -2.48. The van der Waals surface area contributed by atoms with Crippen molar-refractivity contribution in [1.82, 2.24) is 0 Å². The molecule has 0 rings (SSSR count). The molecule has 0 bridgehead atoms. The van der Waals surface area contributed by atoms with E-state index in [0.29, 0.717) is 16.7 Å². The van der Waals surface area contributed by atoms with Gasteiger partial charge in [0, 0.05) is 20.3 Å². The van der Waals surface area contributed by atoms with Gasteiger partial charge >= 0.3 is 5.97 Å². The summed E-state index contributed by atoms with van der Waals surface area (Å²) in [6.45, 7) is 5.27. The van der Waals surface area contributed by atoms with Crippen LogP contribution in [-0.4, -0.2) is 41.9 Å². The fraction of sp³-hybridized carbons (Fsp3) is 0.667. The monoisotopic (exact) mass is 218 g/mol. The smallest absolute Gasteiger partial charge is 0.330 e. The summed E-state index contributed by atoms with van der Waals surface area (Å²) >= 11 is 0. The second-order valence-corrected chi connectivity index (χ2v) is 4.79. The number of rotatable bonds is 6. The van der Waals surface area contributed by atoms with Gasteiger partial charge in [-0.2, -0.15) is 0 Å². The molecule has 0 amide bonds. The van der Waals surface area contributed by atoms with Crippen LogP contribution in [0.3, 0.4) is 0 Å². The third-order valence-electron chi connectivity index (χ3n) is 2.13. The van der Waals surface area contributed by atoms with Crippen molar-refractivity contribution in [3.8, 4) is 0 Å². The Hall–Kier alpha value is -0.653. The predicted octanol–water partition coefficient (Wildman–Crippen LogP) is -0.194. The molecule has 0 aliphatic carbocycles. The largest absolute Gasteiger partial charge is 0.456 e. The van der Waals surface area contributed by atoms with Gasteiger partial charge in [0.05, 0.1) is 10.2 Å². The average Bonchev–Trinajstić information content (AvgIpc) is 2.19. The fourth-order valence-electron chi connectivity index (χ4n) is 1.15. The lowest BCUT2D eigenvalue weighted by Gasteiger charge is -2.34. The van der Waals surface area contributed by atoms with Crippen LogP contribution in [0, 0.1) is 0 Å². The van der Waals surface area contributed by atoms with E-state index in [1.807, 2.05) is 6.92 Å². The van der Waals surface area contributed by atoms with E-state index in [-0.39, 0.29) is 0 Å². The predicted molar refractivity (Wildman–Crippen MR) is 57.1 cm³/mol. The van der Waals surface area contributed by atoms with Crippen molar-refractivity contribution >= 4 is 16.2 Å². The summed E-state index contributed by atoms with van der Waals surface area (Å²) in [6.07, 6.45) is 1.29. The first-order valence-electron chi connectivity index (χ1n) is 4.45. The van der Waals surface area contributed by atoms with Crippen LogP contribution < -0.4 is 0 Å². The van der Waals surface area contributed by atoms with Crippen molar-refractivity contribution in [2.24, 2.45) is 0 Å². The molecular formula is C9H18O4Si. The van der Waals surface area contributed by atoms with Gasteiger partial charge in [-0.1, -0.05) is 13.5 Å². The first kappa shape index (κ1) is 13.3. The highest BCUT2D eigenvalue weighted by Crippen LogP contribution is 2.20. The van der Waals surface area contributed by atoms with Crippen LogP contribution >= 0.6 is 0 Å². The van der Waals surface area contributed by atoms with Gasteiger partial charge in [-0.15, -0.1) is 0 Å². The number of esters is 1. The van der Waals surface area contributed by atoms with Crippen LogP contribution in [0.25, 0.3) is 0 Å². The van der Waals surface area contributed by atoms with Crippen molar-refractivity contribution in [2.45, 2.75) is 24.9 Å². The van der Waals surface area contributed by atoms with Crippen LogP contribution in [0.15, 0.2) is 12.7 Å². The minimum absolute atomic E-state index is 0.444. The van der Waals surface area contributed by atoms with Gasteiger partial charge in [0.1, 0.15) is 5.22 Å². The van der Waals surface area contributed by atoms with E-state index in [4.69, 9.17) is 14.2 Å². The summed E-state index contributed by atoms with van der Waals surface area (Å²) < 4.78 is 15.4. The molecular weight excluding hydrogens is 200 g/mol. The van der Waals surface area contributed by atoms with E-state index in [2.05, 4.69) is 6.58 Å². The Morgan fingerprint density at radius 1 is 1.57 bits per heavy atom. The van der Waals surface area contributed by atoms with Crippen LogP contribution in [0.4, 0.5) is 0 Å². The van der Waals surface area contributed by atoms with Crippen molar-refractivity contribution < 1.29 is 19.0 Å². The lowest BCUT2D eigenvalue weighted by atomic mass is 10.2. The zero-order chi connectivity index (χ0) is 11.2. The molecule has 1 unspecified atom stereocenters. The maximum absolute atomic E-state index is 11.1. The molecule has 0 aliphatic rings. The summed E-state index contributed by atoms with van der Waals surface area (Å²) in [6, 6.07) is 0. The number of ether oxygens (including phenoxy) is 3. The Labute approximate surface area is 87.6 Å². The number of hydrogen-bond acceptors (Lipinski definition) is 4. The Balaban J connectivity index is 4.58. The number of methoxy groups -OCH3 is 2. The van der Waals surface area contributed by atoms with Crippen molar-refractivity contribution in [2.75, 3.05) is 14.2 Å². The van der Waals surface area contributed by atoms with E-state index in [0.717, 1.165) is 6.08 Å². The summed E-state index contributed by atoms with van der Waals surface area (Å²) in [5.41, 5.74) is 0. The molecule has 0 aliphatic heterocycles.